The first-order chi connectivity index (χ1) is 11.6. The van der Waals surface area contributed by atoms with Crippen LogP contribution in [0.25, 0.3) is 6.08 Å². The molecular formula is C20H23ClN2O. The fraction of sp³-hybridized carbons (Fsp3) is 0.250. The van der Waals surface area contributed by atoms with Gasteiger partial charge in [-0.25, -0.2) is 0 Å². The Bertz CT molecular complexity index is 691. The highest BCUT2D eigenvalue weighted by atomic mass is 35.5. The van der Waals surface area contributed by atoms with Gasteiger partial charge in [0.1, 0.15) is 0 Å². The van der Waals surface area contributed by atoms with Gasteiger partial charge in [0.2, 0.25) is 5.91 Å². The Morgan fingerprint density at radius 3 is 2.38 bits per heavy atom. The molecule has 24 heavy (non-hydrogen) atoms. The number of halogens is 1. The van der Waals surface area contributed by atoms with Crippen molar-refractivity contribution in [2.45, 2.75) is 20.4 Å². The van der Waals surface area contributed by atoms with E-state index in [1.54, 1.807) is 12.1 Å². The molecule has 0 spiro atoms. The number of rotatable bonds is 7. The summed E-state index contributed by atoms with van der Waals surface area (Å²) in [7, 11) is 0. The first kappa shape index (κ1) is 18.1. The Balaban J connectivity index is 1.89. The van der Waals surface area contributed by atoms with Crippen LogP contribution in [0.3, 0.4) is 0 Å². The molecule has 126 valence electrons. The summed E-state index contributed by atoms with van der Waals surface area (Å²) in [5.74, 6) is -0.136. The van der Waals surface area contributed by atoms with Gasteiger partial charge in [-0.1, -0.05) is 41.9 Å². The molecule has 0 aliphatic heterocycles. The van der Waals surface area contributed by atoms with Gasteiger partial charge in [-0.3, -0.25) is 4.79 Å². The van der Waals surface area contributed by atoms with Crippen LogP contribution in [0.4, 0.5) is 5.69 Å². The number of carbonyl (C=O) groups excluding carboxylic acids is 1. The van der Waals surface area contributed by atoms with E-state index in [4.69, 9.17) is 11.6 Å². The van der Waals surface area contributed by atoms with Crippen LogP contribution >= 0.6 is 11.6 Å². The second-order valence-electron chi connectivity index (χ2n) is 5.41. The van der Waals surface area contributed by atoms with E-state index in [-0.39, 0.29) is 5.91 Å². The third kappa shape index (κ3) is 5.14. The van der Waals surface area contributed by atoms with E-state index < -0.39 is 0 Å². The fourth-order valence-electron chi connectivity index (χ4n) is 2.44. The second kappa shape index (κ2) is 9.14. The lowest BCUT2D eigenvalue weighted by Gasteiger charge is -2.21. The maximum Gasteiger partial charge on any atom is 0.244 e. The predicted octanol–water partition coefficient (Wildman–Crippen LogP) is 4.52. The topological polar surface area (TPSA) is 32.3 Å². The zero-order chi connectivity index (χ0) is 17.4. The van der Waals surface area contributed by atoms with Gasteiger partial charge in [-0.15, -0.1) is 0 Å². The van der Waals surface area contributed by atoms with Gasteiger partial charge in [-0.2, -0.15) is 0 Å². The van der Waals surface area contributed by atoms with Crippen LogP contribution in [0.15, 0.2) is 54.6 Å². The lowest BCUT2D eigenvalue weighted by atomic mass is 10.2. The maximum atomic E-state index is 11.9. The Kier molecular flexibility index (Phi) is 6.89. The summed E-state index contributed by atoms with van der Waals surface area (Å²) < 4.78 is 0. The van der Waals surface area contributed by atoms with Gasteiger partial charge in [-0.05, 0) is 49.2 Å². The van der Waals surface area contributed by atoms with Crippen LogP contribution in [-0.4, -0.2) is 19.0 Å². The Morgan fingerprint density at radius 1 is 1.08 bits per heavy atom. The average molecular weight is 343 g/mol. The van der Waals surface area contributed by atoms with Crippen molar-refractivity contribution in [2.24, 2.45) is 0 Å². The van der Waals surface area contributed by atoms with Crippen LogP contribution < -0.4 is 10.2 Å². The molecule has 1 amide bonds. The fourth-order valence-corrected chi connectivity index (χ4v) is 2.64. The molecule has 0 bridgehead atoms. The molecular weight excluding hydrogens is 320 g/mol. The summed E-state index contributed by atoms with van der Waals surface area (Å²) in [5.41, 5.74) is 3.11. The van der Waals surface area contributed by atoms with E-state index in [9.17, 15) is 4.79 Å². The molecule has 0 aliphatic carbocycles. The number of anilines is 1. The van der Waals surface area contributed by atoms with Crippen molar-refractivity contribution in [1.29, 1.82) is 0 Å². The van der Waals surface area contributed by atoms with E-state index in [0.29, 0.717) is 11.6 Å². The molecule has 0 aliphatic rings. The summed E-state index contributed by atoms with van der Waals surface area (Å²) in [4.78, 5) is 14.2. The number of nitrogens with zero attached hydrogens (tertiary/aromatic N) is 1. The number of nitrogens with one attached hydrogen (secondary N) is 1. The highest BCUT2D eigenvalue weighted by Gasteiger charge is 2.02. The molecule has 0 saturated carbocycles. The summed E-state index contributed by atoms with van der Waals surface area (Å²) in [5, 5.41) is 3.52. The van der Waals surface area contributed by atoms with Gasteiger partial charge >= 0.3 is 0 Å². The van der Waals surface area contributed by atoms with Crippen LogP contribution in [0.1, 0.15) is 25.0 Å². The molecule has 1 N–H and O–H groups in total. The third-order valence-corrected chi connectivity index (χ3v) is 4.20. The number of amides is 1. The minimum Gasteiger partial charge on any atom is -0.372 e. The van der Waals surface area contributed by atoms with Crippen LogP contribution in [0.2, 0.25) is 5.02 Å². The molecule has 2 rings (SSSR count). The zero-order valence-corrected chi connectivity index (χ0v) is 14.9. The molecule has 2 aromatic carbocycles. The minimum atomic E-state index is -0.136. The van der Waals surface area contributed by atoms with Crippen molar-refractivity contribution in [3.63, 3.8) is 0 Å². The van der Waals surface area contributed by atoms with Crippen molar-refractivity contribution >= 4 is 29.3 Å². The summed E-state index contributed by atoms with van der Waals surface area (Å²) in [6.45, 7) is 6.76. The molecule has 4 heteroatoms. The summed E-state index contributed by atoms with van der Waals surface area (Å²) in [6.07, 6.45) is 3.23. The lowest BCUT2D eigenvalue weighted by molar-refractivity contribution is -0.116. The molecule has 2 aromatic rings. The Hall–Kier alpha value is -2.26. The van der Waals surface area contributed by atoms with Gasteiger partial charge < -0.3 is 10.2 Å². The van der Waals surface area contributed by atoms with Gasteiger partial charge in [0.15, 0.2) is 0 Å². The predicted molar refractivity (Wildman–Crippen MR) is 102 cm³/mol. The highest BCUT2D eigenvalue weighted by Crippen LogP contribution is 2.16. The molecule has 0 heterocycles. The van der Waals surface area contributed by atoms with Crippen molar-refractivity contribution in [3.05, 3.63) is 70.8 Å². The molecule has 0 aromatic heterocycles. The summed E-state index contributed by atoms with van der Waals surface area (Å²) in [6, 6.07) is 15.7. The Morgan fingerprint density at radius 2 is 1.75 bits per heavy atom. The number of hydrogen-bond donors (Lipinski definition) is 1. The van der Waals surface area contributed by atoms with Crippen LogP contribution in [-0.2, 0) is 11.3 Å². The van der Waals surface area contributed by atoms with Crippen LogP contribution in [0, 0.1) is 0 Å². The lowest BCUT2D eigenvalue weighted by Crippen LogP contribution is -2.22. The monoisotopic (exact) mass is 342 g/mol. The second-order valence-corrected chi connectivity index (χ2v) is 5.82. The minimum absolute atomic E-state index is 0.136. The molecule has 3 nitrogen and oxygen atoms in total. The molecule has 0 unspecified atom stereocenters. The molecule has 0 atom stereocenters. The van der Waals surface area contributed by atoms with Gasteiger partial charge in [0, 0.05) is 36.4 Å². The normalized spacial score (nSPS) is 10.8. The van der Waals surface area contributed by atoms with E-state index in [0.717, 1.165) is 24.2 Å². The van der Waals surface area contributed by atoms with Crippen molar-refractivity contribution in [1.82, 2.24) is 5.32 Å². The SMILES string of the molecule is CCN(CC)c1ccc(CNC(=O)/C=C/c2ccccc2Cl)cc1. The van der Waals surface area contributed by atoms with E-state index in [1.807, 2.05) is 30.3 Å². The third-order valence-electron chi connectivity index (χ3n) is 3.85. The first-order valence-corrected chi connectivity index (χ1v) is 8.56. The van der Waals surface area contributed by atoms with Gasteiger partial charge in [0.25, 0.3) is 0 Å². The smallest absolute Gasteiger partial charge is 0.244 e. The molecule has 0 radical (unpaired) electrons. The number of carbonyl (C=O) groups is 1. The van der Waals surface area contributed by atoms with Crippen molar-refractivity contribution < 1.29 is 4.79 Å². The van der Waals surface area contributed by atoms with E-state index >= 15 is 0 Å². The average Bonchev–Trinajstić information content (AvgIpc) is 2.61. The first-order valence-electron chi connectivity index (χ1n) is 8.18. The largest absolute Gasteiger partial charge is 0.372 e. The molecule has 0 saturated heterocycles. The number of benzene rings is 2. The van der Waals surface area contributed by atoms with Gasteiger partial charge in [0.05, 0.1) is 0 Å². The van der Waals surface area contributed by atoms with Crippen molar-refractivity contribution in [3.8, 4) is 0 Å². The maximum absolute atomic E-state index is 11.9. The molecule has 0 fully saturated rings. The van der Waals surface area contributed by atoms with Crippen LogP contribution in [0.5, 0.6) is 0 Å². The quantitative estimate of drug-likeness (QED) is 0.750. The van der Waals surface area contributed by atoms with E-state index in [2.05, 4.69) is 36.2 Å². The van der Waals surface area contributed by atoms with E-state index in [1.165, 1.54) is 11.8 Å². The zero-order valence-electron chi connectivity index (χ0n) is 14.1. The summed E-state index contributed by atoms with van der Waals surface area (Å²) >= 11 is 6.06. The Labute approximate surface area is 148 Å². The standard InChI is InChI=1S/C20H23ClN2O/c1-3-23(4-2)18-12-9-16(10-13-18)15-22-20(24)14-11-17-7-5-6-8-19(17)21/h5-14H,3-4,15H2,1-2H3,(H,22,24)/b14-11+. The van der Waals surface area contributed by atoms with Crippen molar-refractivity contribution in [2.75, 3.05) is 18.0 Å². The highest BCUT2D eigenvalue weighted by molar-refractivity contribution is 6.32. The number of hydrogen-bond acceptors (Lipinski definition) is 2.